The van der Waals surface area contributed by atoms with E-state index >= 15 is 0 Å². The maximum atomic E-state index is 11.6. The van der Waals surface area contributed by atoms with Gasteiger partial charge in [-0.15, -0.1) is 0 Å². The zero-order valence-electron chi connectivity index (χ0n) is 10.8. The number of aliphatic hydroxyl groups is 1. The van der Waals surface area contributed by atoms with Gasteiger partial charge in [-0.05, 0) is 24.1 Å². The van der Waals surface area contributed by atoms with Crippen LogP contribution in [0.1, 0.15) is 12.0 Å². The largest absolute Gasteiger partial charge is 0.481 e. The van der Waals surface area contributed by atoms with Gasteiger partial charge in [0.05, 0.1) is 6.61 Å². The molecule has 0 spiro atoms. The first kappa shape index (κ1) is 15.0. The van der Waals surface area contributed by atoms with Crippen LogP contribution in [0, 0.1) is 0 Å². The average Bonchev–Trinajstić information content (AvgIpc) is 2.38. The van der Waals surface area contributed by atoms with E-state index in [2.05, 4.69) is 5.32 Å². The maximum absolute atomic E-state index is 11.6. The Morgan fingerprint density at radius 1 is 1.26 bits per heavy atom. The third-order valence-electron chi connectivity index (χ3n) is 2.61. The minimum Gasteiger partial charge on any atom is -0.481 e. The van der Waals surface area contributed by atoms with E-state index in [0.29, 0.717) is 12.1 Å². The molecule has 2 amide bonds. The third kappa shape index (κ3) is 5.39. The first-order chi connectivity index (χ1) is 9.02. The van der Waals surface area contributed by atoms with Crippen molar-refractivity contribution in [1.29, 1.82) is 0 Å². The minimum absolute atomic E-state index is 0.0853. The molecule has 6 heteroatoms. The highest BCUT2D eigenvalue weighted by molar-refractivity contribution is 5.89. The van der Waals surface area contributed by atoms with Gasteiger partial charge >= 0.3 is 12.0 Å². The van der Waals surface area contributed by atoms with Gasteiger partial charge in [-0.25, -0.2) is 4.79 Å². The molecular weight excluding hydrogens is 248 g/mol. The van der Waals surface area contributed by atoms with E-state index in [1.54, 1.807) is 31.3 Å². The molecule has 1 aromatic rings. The summed E-state index contributed by atoms with van der Waals surface area (Å²) in [6.07, 6.45) is 0.554. The molecule has 1 rings (SSSR count). The number of benzene rings is 1. The quantitative estimate of drug-likeness (QED) is 0.720. The van der Waals surface area contributed by atoms with Gasteiger partial charge in [0.1, 0.15) is 0 Å². The number of urea groups is 1. The fourth-order valence-electron chi connectivity index (χ4n) is 1.48. The Labute approximate surface area is 111 Å². The predicted octanol–water partition coefficient (Wildman–Crippen LogP) is 1.16. The van der Waals surface area contributed by atoms with Crippen molar-refractivity contribution in [3.8, 4) is 0 Å². The number of nitrogens with zero attached hydrogens (tertiary/aromatic N) is 1. The van der Waals surface area contributed by atoms with E-state index < -0.39 is 5.97 Å². The molecule has 104 valence electrons. The van der Waals surface area contributed by atoms with Crippen molar-refractivity contribution in [1.82, 2.24) is 4.90 Å². The zero-order chi connectivity index (χ0) is 14.3. The molecule has 0 aliphatic carbocycles. The lowest BCUT2D eigenvalue weighted by atomic mass is 10.1. The number of aliphatic carboxylic acids is 1. The fraction of sp³-hybridized carbons (Fsp3) is 0.385. The number of aryl methyl sites for hydroxylation is 1. The highest BCUT2D eigenvalue weighted by Gasteiger charge is 2.07. The number of carboxylic acid groups (broad SMARTS) is 1. The van der Waals surface area contributed by atoms with Gasteiger partial charge in [-0.2, -0.15) is 0 Å². The Morgan fingerprint density at radius 2 is 1.89 bits per heavy atom. The molecule has 0 aliphatic rings. The smallest absolute Gasteiger partial charge is 0.321 e. The van der Waals surface area contributed by atoms with E-state index in [1.807, 2.05) is 0 Å². The summed E-state index contributed by atoms with van der Waals surface area (Å²) in [6.45, 7) is 0.181. The first-order valence-corrected chi connectivity index (χ1v) is 5.96. The summed E-state index contributed by atoms with van der Waals surface area (Å²) in [4.78, 5) is 23.4. The monoisotopic (exact) mass is 266 g/mol. The summed E-state index contributed by atoms with van der Waals surface area (Å²) in [7, 11) is 1.59. The van der Waals surface area contributed by atoms with Crippen LogP contribution in [0.15, 0.2) is 24.3 Å². The fourth-order valence-corrected chi connectivity index (χ4v) is 1.48. The second-order valence-electron chi connectivity index (χ2n) is 4.17. The molecule has 6 nitrogen and oxygen atoms in total. The van der Waals surface area contributed by atoms with Crippen LogP contribution in [-0.2, 0) is 11.2 Å². The Morgan fingerprint density at radius 3 is 2.42 bits per heavy atom. The molecule has 0 fully saturated rings. The first-order valence-electron chi connectivity index (χ1n) is 5.96. The van der Waals surface area contributed by atoms with Crippen LogP contribution in [0.4, 0.5) is 10.5 Å². The third-order valence-corrected chi connectivity index (χ3v) is 2.61. The summed E-state index contributed by atoms with van der Waals surface area (Å²) in [5.74, 6) is -0.831. The Kier molecular flexibility index (Phi) is 5.81. The molecule has 0 radical (unpaired) electrons. The Hall–Kier alpha value is -2.08. The number of carbonyl (C=O) groups excluding carboxylic acids is 1. The van der Waals surface area contributed by atoms with Gasteiger partial charge in [0.15, 0.2) is 0 Å². The Bertz CT molecular complexity index is 431. The van der Waals surface area contributed by atoms with Crippen LogP contribution < -0.4 is 5.32 Å². The van der Waals surface area contributed by atoms with Crippen LogP contribution in [0.25, 0.3) is 0 Å². The summed E-state index contributed by atoms with van der Waals surface area (Å²) in [6, 6.07) is 6.71. The van der Waals surface area contributed by atoms with Crippen molar-refractivity contribution >= 4 is 17.7 Å². The van der Waals surface area contributed by atoms with E-state index in [-0.39, 0.29) is 25.6 Å². The topological polar surface area (TPSA) is 89.9 Å². The SMILES string of the molecule is CN(CCO)C(=O)Nc1ccc(CCC(=O)O)cc1. The van der Waals surface area contributed by atoms with Crippen molar-refractivity contribution in [3.63, 3.8) is 0 Å². The molecule has 0 atom stereocenters. The number of carbonyl (C=O) groups is 2. The molecule has 1 aromatic carbocycles. The molecule has 0 bridgehead atoms. The standard InChI is InChI=1S/C13H18N2O4/c1-15(8-9-16)13(19)14-11-5-2-10(3-6-11)4-7-12(17)18/h2-3,5-6,16H,4,7-9H2,1H3,(H,14,19)(H,17,18). The molecule has 0 saturated heterocycles. The highest BCUT2D eigenvalue weighted by Crippen LogP contribution is 2.11. The van der Waals surface area contributed by atoms with Crippen LogP contribution in [0.2, 0.25) is 0 Å². The van der Waals surface area contributed by atoms with Crippen LogP contribution in [0.5, 0.6) is 0 Å². The van der Waals surface area contributed by atoms with Crippen LogP contribution >= 0.6 is 0 Å². The van der Waals surface area contributed by atoms with Gasteiger partial charge in [0, 0.05) is 25.7 Å². The van der Waals surface area contributed by atoms with Crippen molar-refractivity contribution in [2.75, 3.05) is 25.5 Å². The molecule has 19 heavy (non-hydrogen) atoms. The van der Waals surface area contributed by atoms with E-state index in [9.17, 15) is 9.59 Å². The molecule has 0 aliphatic heterocycles. The molecule has 3 N–H and O–H groups in total. The zero-order valence-corrected chi connectivity index (χ0v) is 10.8. The highest BCUT2D eigenvalue weighted by atomic mass is 16.4. The number of amides is 2. The number of aliphatic hydroxyl groups excluding tert-OH is 1. The van der Waals surface area contributed by atoms with E-state index in [1.165, 1.54) is 4.90 Å². The van der Waals surface area contributed by atoms with Crippen molar-refractivity contribution in [3.05, 3.63) is 29.8 Å². The molecule has 0 saturated carbocycles. The number of anilines is 1. The van der Waals surface area contributed by atoms with Gasteiger partial charge in [-0.3, -0.25) is 4.79 Å². The lowest BCUT2D eigenvalue weighted by molar-refractivity contribution is -0.136. The Balaban J connectivity index is 2.52. The number of rotatable bonds is 6. The molecule has 0 heterocycles. The predicted molar refractivity (Wildman–Crippen MR) is 71.1 cm³/mol. The lowest BCUT2D eigenvalue weighted by Gasteiger charge is -2.16. The van der Waals surface area contributed by atoms with Crippen molar-refractivity contribution in [2.45, 2.75) is 12.8 Å². The van der Waals surface area contributed by atoms with Gasteiger partial charge in [0.25, 0.3) is 0 Å². The second-order valence-corrected chi connectivity index (χ2v) is 4.17. The van der Waals surface area contributed by atoms with E-state index in [4.69, 9.17) is 10.2 Å². The summed E-state index contributed by atoms with van der Waals surface area (Å²) in [5.41, 5.74) is 1.54. The summed E-state index contributed by atoms with van der Waals surface area (Å²) < 4.78 is 0. The molecular formula is C13H18N2O4. The van der Waals surface area contributed by atoms with E-state index in [0.717, 1.165) is 5.56 Å². The van der Waals surface area contributed by atoms with Gasteiger partial charge < -0.3 is 20.4 Å². The lowest BCUT2D eigenvalue weighted by Crippen LogP contribution is -2.33. The summed E-state index contributed by atoms with van der Waals surface area (Å²) >= 11 is 0. The summed E-state index contributed by atoms with van der Waals surface area (Å²) in [5, 5.41) is 20.0. The second kappa shape index (κ2) is 7.38. The van der Waals surface area contributed by atoms with Crippen molar-refractivity contribution in [2.24, 2.45) is 0 Å². The normalized spacial score (nSPS) is 10.0. The average molecular weight is 266 g/mol. The number of hydrogen-bond donors (Lipinski definition) is 3. The minimum atomic E-state index is -0.831. The maximum Gasteiger partial charge on any atom is 0.321 e. The molecule has 0 aromatic heterocycles. The number of likely N-dealkylation sites (N-methyl/N-ethyl adjacent to an activating group) is 1. The van der Waals surface area contributed by atoms with Gasteiger partial charge in [0.2, 0.25) is 0 Å². The van der Waals surface area contributed by atoms with Crippen LogP contribution in [-0.4, -0.2) is 47.3 Å². The molecule has 0 unspecified atom stereocenters. The van der Waals surface area contributed by atoms with Crippen molar-refractivity contribution < 1.29 is 19.8 Å². The number of carboxylic acids is 1. The van der Waals surface area contributed by atoms with Gasteiger partial charge in [-0.1, -0.05) is 12.1 Å². The number of nitrogens with one attached hydrogen (secondary N) is 1. The van der Waals surface area contributed by atoms with Crippen LogP contribution in [0.3, 0.4) is 0 Å². The number of hydrogen-bond acceptors (Lipinski definition) is 3.